The Labute approximate surface area is 150 Å². The number of phosphoric acid groups is 1. The second kappa shape index (κ2) is 16.4. The van der Waals surface area contributed by atoms with Gasteiger partial charge in [-0.15, -0.1) is 4.20 Å². The second-order valence-electron chi connectivity index (χ2n) is 0.986. The number of halogens is 1. The minimum absolute atomic E-state index is 0. The van der Waals surface area contributed by atoms with Crippen LogP contribution in [0.2, 0.25) is 0 Å². The van der Waals surface area contributed by atoms with Gasteiger partial charge in [-0.1, -0.05) is 0 Å². The summed E-state index contributed by atoms with van der Waals surface area (Å²) >= 11 is 0. The van der Waals surface area contributed by atoms with Gasteiger partial charge in [0.2, 0.25) is 0 Å². The summed E-state index contributed by atoms with van der Waals surface area (Å²) in [5.74, 6) is 0. The molecule has 0 aromatic carbocycles. The van der Waals surface area contributed by atoms with Crippen LogP contribution in [0.25, 0.3) is 0 Å². The average Bonchev–Trinajstić information content (AvgIpc) is 1.12. The summed E-state index contributed by atoms with van der Waals surface area (Å²) in [6.07, 6.45) is 0. The molecular weight excluding hydrogens is 341 g/mol. The van der Waals surface area contributed by atoms with Crippen molar-refractivity contribution in [2.45, 2.75) is 0 Å². The molecule has 0 rings (SSSR count). The first-order chi connectivity index (χ1) is 4.00. The van der Waals surface area contributed by atoms with Crippen molar-refractivity contribution >= 4 is 15.7 Å². The zero-order valence-corrected chi connectivity index (χ0v) is 15.8. The molecule has 0 amide bonds. The Hall–Kier alpha value is 3.36. The van der Waals surface area contributed by atoms with E-state index in [1.165, 1.54) is 0 Å². The molecule has 78 valence electrons. The average molecular weight is 348 g/mol. The summed E-state index contributed by atoms with van der Waals surface area (Å²) in [4.78, 5) is 35.5. The Morgan fingerprint density at radius 2 is 0.857 bits per heavy atom. The van der Waals surface area contributed by atoms with Crippen molar-refractivity contribution in [2.75, 3.05) is 0 Å². The van der Waals surface area contributed by atoms with Crippen molar-refractivity contribution in [3.05, 3.63) is 0 Å². The summed E-state index contributed by atoms with van der Waals surface area (Å²) in [5.41, 5.74) is 0. The molecule has 0 atom stereocenters. The third kappa shape index (κ3) is 281. The molecule has 0 aliphatic carbocycles. The van der Waals surface area contributed by atoms with Gasteiger partial charge in [0, 0.05) is 37.1 Å². The minimum Gasteiger partial charge on any atom is -1.00 e. The fourth-order valence-corrected chi connectivity index (χ4v) is 0. The third-order valence-corrected chi connectivity index (χ3v) is 0. The SMILES string of the molecule is O=P(O)(O)F.O=P(O)(O)O.[H-].[H-].[Na+].[Na+].[V].[V]. The summed E-state index contributed by atoms with van der Waals surface area (Å²) in [6.45, 7) is 0. The first kappa shape index (κ1) is 36.0. The molecule has 0 aliphatic rings. The van der Waals surface area contributed by atoms with Gasteiger partial charge in [-0.25, -0.2) is 9.13 Å². The molecule has 7 nitrogen and oxygen atoms in total. The molecular formula is H7FNa2O7P2V2. The molecule has 0 unspecified atom stereocenters. The van der Waals surface area contributed by atoms with Crippen LogP contribution in [0, 0.1) is 0 Å². The maximum Gasteiger partial charge on any atom is 1.00 e. The van der Waals surface area contributed by atoms with E-state index in [1.54, 1.807) is 0 Å². The fourth-order valence-electron chi connectivity index (χ4n) is 0. The number of hydrogen-bond donors (Lipinski definition) is 5. The largest absolute Gasteiger partial charge is 1.00 e. The van der Waals surface area contributed by atoms with Gasteiger partial charge in [-0.05, 0) is 0 Å². The van der Waals surface area contributed by atoms with E-state index in [-0.39, 0.29) is 99.1 Å². The van der Waals surface area contributed by atoms with E-state index in [4.69, 9.17) is 33.6 Å². The van der Waals surface area contributed by atoms with Crippen molar-refractivity contribution in [1.29, 1.82) is 0 Å². The van der Waals surface area contributed by atoms with Crippen molar-refractivity contribution < 1.29 is 137 Å². The monoisotopic (exact) mass is 348 g/mol. The van der Waals surface area contributed by atoms with Crippen LogP contribution in [-0.4, -0.2) is 24.5 Å². The summed E-state index contributed by atoms with van der Waals surface area (Å²) < 4.78 is 27.9. The molecule has 0 saturated heterocycles. The Kier molecular flexibility index (Phi) is 42.1. The Balaban J connectivity index is -0.00000000970. The maximum atomic E-state index is 10.4. The van der Waals surface area contributed by atoms with E-state index in [9.17, 15) is 4.20 Å². The van der Waals surface area contributed by atoms with Crippen LogP contribution in [0.5, 0.6) is 0 Å². The van der Waals surface area contributed by atoms with E-state index in [0.717, 1.165) is 0 Å². The molecule has 0 aromatic heterocycles. The van der Waals surface area contributed by atoms with Crippen LogP contribution in [0.1, 0.15) is 2.85 Å². The zero-order chi connectivity index (χ0) is 9.00. The van der Waals surface area contributed by atoms with Crippen LogP contribution in [0.3, 0.4) is 0 Å². The molecule has 2 radical (unpaired) electrons. The zero-order valence-electron chi connectivity index (χ0n) is 9.22. The van der Waals surface area contributed by atoms with E-state index in [1.807, 2.05) is 0 Å². The Bertz CT molecular complexity index is 149. The molecule has 0 aromatic rings. The van der Waals surface area contributed by atoms with Crippen molar-refractivity contribution in [3.63, 3.8) is 0 Å². The number of hydrogen-bond acceptors (Lipinski definition) is 2. The van der Waals surface area contributed by atoms with Crippen molar-refractivity contribution in [3.8, 4) is 0 Å². The predicted molar refractivity (Wildman–Crippen MR) is 29.6 cm³/mol. The molecule has 0 bridgehead atoms. The van der Waals surface area contributed by atoms with E-state index in [2.05, 4.69) is 0 Å². The normalized spacial score (nSPS) is 8.43. The van der Waals surface area contributed by atoms with Crippen LogP contribution < -0.4 is 59.1 Å². The number of rotatable bonds is 0. The predicted octanol–water partition coefficient (Wildman–Crippen LogP) is -6.65. The molecule has 0 heterocycles. The van der Waals surface area contributed by atoms with Crippen molar-refractivity contribution in [1.82, 2.24) is 0 Å². The molecule has 0 spiro atoms. The van der Waals surface area contributed by atoms with E-state index < -0.39 is 15.7 Å². The van der Waals surface area contributed by atoms with E-state index >= 15 is 0 Å². The molecule has 14 heteroatoms. The quantitative estimate of drug-likeness (QED) is 0.217. The standard InChI is InChI=1S/FH2O3P.2Na.H3O4P.2V.2H/c1-5(2,3)4;;;1-5(2,3)4;;;;/h(H2,2,3,4);;;(H3,1,2,3,4);;;;/q;2*+1;;;;2*-1. The molecule has 14 heavy (non-hydrogen) atoms. The third-order valence-electron chi connectivity index (χ3n) is 0. The topological polar surface area (TPSA) is 135 Å². The van der Waals surface area contributed by atoms with Crippen LogP contribution in [-0.2, 0) is 46.2 Å². The summed E-state index contributed by atoms with van der Waals surface area (Å²) in [5, 5.41) is 0. The van der Waals surface area contributed by atoms with Gasteiger partial charge < -0.3 is 17.5 Å². The fraction of sp³-hybridized carbons (Fsp3) is 0. The summed E-state index contributed by atoms with van der Waals surface area (Å²) in [7, 11) is -9.78. The van der Waals surface area contributed by atoms with Gasteiger partial charge in [0.1, 0.15) is 0 Å². The Morgan fingerprint density at radius 3 is 0.857 bits per heavy atom. The Morgan fingerprint density at radius 1 is 0.857 bits per heavy atom. The minimum atomic E-state index is -5.14. The van der Waals surface area contributed by atoms with Crippen LogP contribution >= 0.6 is 15.7 Å². The second-order valence-corrected chi connectivity index (χ2v) is 2.96. The first-order valence-corrected chi connectivity index (χ1v) is 4.60. The molecule has 5 N–H and O–H groups in total. The smallest absolute Gasteiger partial charge is 1.00 e. The van der Waals surface area contributed by atoms with Gasteiger partial charge in [0.05, 0.1) is 0 Å². The van der Waals surface area contributed by atoms with Gasteiger partial charge >= 0.3 is 74.8 Å². The molecule has 0 saturated carbocycles. The van der Waals surface area contributed by atoms with E-state index in [0.29, 0.717) is 0 Å². The summed E-state index contributed by atoms with van der Waals surface area (Å²) in [6, 6.07) is 0. The van der Waals surface area contributed by atoms with Crippen LogP contribution in [0.15, 0.2) is 0 Å². The van der Waals surface area contributed by atoms with Gasteiger partial charge in [0.15, 0.2) is 0 Å². The maximum absolute atomic E-state index is 10.4. The van der Waals surface area contributed by atoms with Gasteiger partial charge in [-0.3, -0.25) is 9.79 Å². The molecule has 0 aliphatic heterocycles. The van der Waals surface area contributed by atoms with Gasteiger partial charge in [-0.2, -0.15) is 0 Å². The first-order valence-electron chi connectivity index (χ1n) is 1.53. The van der Waals surface area contributed by atoms with Crippen LogP contribution in [0.4, 0.5) is 4.20 Å². The van der Waals surface area contributed by atoms with Gasteiger partial charge in [0.25, 0.3) is 0 Å². The molecule has 0 fully saturated rings. The van der Waals surface area contributed by atoms with Crippen molar-refractivity contribution in [2.24, 2.45) is 0 Å².